The van der Waals surface area contributed by atoms with Gasteiger partial charge >= 0.3 is 0 Å². The van der Waals surface area contributed by atoms with Crippen LogP contribution in [0.15, 0.2) is 18.2 Å². The number of hydrogen-bond acceptors (Lipinski definition) is 2. The van der Waals surface area contributed by atoms with Gasteiger partial charge in [-0.15, -0.1) is 0 Å². The van der Waals surface area contributed by atoms with E-state index in [1.807, 2.05) is 25.1 Å². The molecule has 2 rings (SSSR count). The fraction of sp³-hybridized carbons (Fsp3) is 0.533. The van der Waals surface area contributed by atoms with Gasteiger partial charge in [0.25, 0.3) is 0 Å². The summed E-state index contributed by atoms with van der Waals surface area (Å²) < 4.78 is 0. The molecule has 2 unspecified atom stereocenters. The zero-order valence-corrected chi connectivity index (χ0v) is 11.2. The molecule has 1 fully saturated rings. The highest BCUT2D eigenvalue weighted by molar-refractivity contribution is 5.93. The molecule has 18 heavy (non-hydrogen) atoms. The molecule has 2 atom stereocenters. The SMILES string of the molecule is Cc1cc(C(N)=O)ccc1CNC1CCCC1C. The summed E-state index contributed by atoms with van der Waals surface area (Å²) in [4.78, 5) is 11.1. The molecule has 1 saturated carbocycles. The third-order valence-corrected chi connectivity index (χ3v) is 4.04. The molecule has 3 N–H and O–H groups in total. The van der Waals surface area contributed by atoms with Crippen LogP contribution in [-0.4, -0.2) is 11.9 Å². The van der Waals surface area contributed by atoms with Crippen molar-refractivity contribution in [1.29, 1.82) is 0 Å². The molecule has 1 amide bonds. The topological polar surface area (TPSA) is 55.1 Å². The van der Waals surface area contributed by atoms with Crippen molar-refractivity contribution in [3.63, 3.8) is 0 Å². The first-order valence-electron chi connectivity index (χ1n) is 6.70. The molecular formula is C15H22N2O. The average molecular weight is 246 g/mol. The summed E-state index contributed by atoms with van der Waals surface area (Å²) in [5.41, 5.74) is 8.24. The lowest BCUT2D eigenvalue weighted by atomic mass is 10.0. The predicted molar refractivity (Wildman–Crippen MR) is 73.3 cm³/mol. The first-order valence-corrected chi connectivity index (χ1v) is 6.70. The summed E-state index contributed by atoms with van der Waals surface area (Å²) in [5, 5.41) is 3.62. The first-order chi connectivity index (χ1) is 8.58. The van der Waals surface area contributed by atoms with Crippen LogP contribution in [-0.2, 0) is 6.54 Å². The Labute approximate surface area is 109 Å². The normalized spacial score (nSPS) is 23.2. The molecule has 0 aliphatic heterocycles. The van der Waals surface area contributed by atoms with Crippen LogP contribution in [0, 0.1) is 12.8 Å². The number of hydrogen-bond donors (Lipinski definition) is 2. The number of rotatable bonds is 4. The Balaban J connectivity index is 1.99. The van der Waals surface area contributed by atoms with E-state index in [2.05, 4.69) is 12.2 Å². The molecule has 3 heteroatoms. The number of aryl methyl sites for hydroxylation is 1. The Kier molecular flexibility index (Phi) is 4.02. The predicted octanol–water partition coefficient (Wildman–Crippen LogP) is 2.37. The summed E-state index contributed by atoms with van der Waals surface area (Å²) in [5.74, 6) is 0.414. The lowest BCUT2D eigenvalue weighted by molar-refractivity contribution is 0.1000. The van der Waals surface area contributed by atoms with Gasteiger partial charge < -0.3 is 11.1 Å². The minimum absolute atomic E-state index is 0.359. The largest absolute Gasteiger partial charge is 0.366 e. The Bertz CT molecular complexity index is 442. The standard InChI is InChI=1S/C15H22N2O/c1-10-4-3-5-14(10)17-9-13-7-6-12(15(16)18)8-11(13)2/h6-8,10,14,17H,3-5,9H2,1-2H3,(H2,16,18). The van der Waals surface area contributed by atoms with Crippen LogP contribution in [0.1, 0.15) is 47.7 Å². The van der Waals surface area contributed by atoms with Gasteiger partial charge in [0.2, 0.25) is 5.91 Å². The van der Waals surface area contributed by atoms with Crippen LogP contribution < -0.4 is 11.1 Å². The Morgan fingerprint density at radius 1 is 1.44 bits per heavy atom. The summed E-state index contributed by atoms with van der Waals surface area (Å²) in [6, 6.07) is 6.32. The molecule has 0 aromatic heterocycles. The Morgan fingerprint density at radius 2 is 2.22 bits per heavy atom. The van der Waals surface area contributed by atoms with Gasteiger partial charge in [-0.05, 0) is 48.9 Å². The van der Waals surface area contributed by atoms with E-state index in [9.17, 15) is 4.79 Å². The molecule has 0 spiro atoms. The van der Waals surface area contributed by atoms with E-state index in [1.54, 1.807) is 0 Å². The zero-order chi connectivity index (χ0) is 13.1. The third kappa shape index (κ3) is 2.91. The molecule has 1 aromatic carbocycles. The summed E-state index contributed by atoms with van der Waals surface area (Å²) in [6.45, 7) is 5.22. The van der Waals surface area contributed by atoms with E-state index in [4.69, 9.17) is 5.73 Å². The highest BCUT2D eigenvalue weighted by atomic mass is 16.1. The number of carbonyl (C=O) groups excluding carboxylic acids is 1. The van der Waals surface area contributed by atoms with Crippen LogP contribution in [0.5, 0.6) is 0 Å². The minimum atomic E-state index is -0.359. The second kappa shape index (κ2) is 5.53. The van der Waals surface area contributed by atoms with E-state index in [1.165, 1.54) is 24.8 Å². The van der Waals surface area contributed by atoms with Crippen LogP contribution in [0.4, 0.5) is 0 Å². The third-order valence-electron chi connectivity index (χ3n) is 4.04. The highest BCUT2D eigenvalue weighted by Crippen LogP contribution is 2.25. The van der Waals surface area contributed by atoms with E-state index in [0.29, 0.717) is 11.6 Å². The summed E-state index contributed by atoms with van der Waals surface area (Å²) in [7, 11) is 0. The lowest BCUT2D eigenvalue weighted by Gasteiger charge is -2.18. The van der Waals surface area contributed by atoms with Crippen molar-refractivity contribution >= 4 is 5.91 Å². The molecule has 0 bridgehead atoms. The molecule has 3 nitrogen and oxygen atoms in total. The Morgan fingerprint density at radius 3 is 2.78 bits per heavy atom. The van der Waals surface area contributed by atoms with E-state index in [0.717, 1.165) is 18.0 Å². The van der Waals surface area contributed by atoms with Crippen molar-refractivity contribution < 1.29 is 4.79 Å². The first kappa shape index (κ1) is 13.1. The molecule has 0 saturated heterocycles. The van der Waals surface area contributed by atoms with Crippen molar-refractivity contribution in [3.8, 4) is 0 Å². The lowest BCUT2D eigenvalue weighted by Crippen LogP contribution is -2.30. The molecule has 0 radical (unpaired) electrons. The van der Waals surface area contributed by atoms with Gasteiger partial charge in [0, 0.05) is 18.2 Å². The number of nitrogens with two attached hydrogens (primary N) is 1. The summed E-state index contributed by atoms with van der Waals surface area (Å²) >= 11 is 0. The maximum Gasteiger partial charge on any atom is 0.248 e. The number of amides is 1. The molecule has 1 aromatic rings. The minimum Gasteiger partial charge on any atom is -0.366 e. The molecule has 1 aliphatic carbocycles. The van der Waals surface area contributed by atoms with Crippen molar-refractivity contribution in [2.24, 2.45) is 11.7 Å². The van der Waals surface area contributed by atoms with Gasteiger partial charge in [-0.2, -0.15) is 0 Å². The fourth-order valence-corrected chi connectivity index (χ4v) is 2.74. The van der Waals surface area contributed by atoms with Gasteiger partial charge in [-0.3, -0.25) is 4.79 Å². The van der Waals surface area contributed by atoms with Crippen molar-refractivity contribution in [2.75, 3.05) is 0 Å². The van der Waals surface area contributed by atoms with E-state index in [-0.39, 0.29) is 5.91 Å². The molecule has 98 valence electrons. The van der Waals surface area contributed by atoms with Gasteiger partial charge in [-0.25, -0.2) is 0 Å². The van der Waals surface area contributed by atoms with Crippen molar-refractivity contribution in [1.82, 2.24) is 5.32 Å². The van der Waals surface area contributed by atoms with Gasteiger partial charge in [-0.1, -0.05) is 19.4 Å². The second-order valence-corrected chi connectivity index (χ2v) is 5.40. The van der Waals surface area contributed by atoms with Crippen LogP contribution in [0.2, 0.25) is 0 Å². The second-order valence-electron chi connectivity index (χ2n) is 5.40. The van der Waals surface area contributed by atoms with Crippen molar-refractivity contribution in [3.05, 3.63) is 34.9 Å². The maximum atomic E-state index is 11.1. The molecule has 0 heterocycles. The zero-order valence-electron chi connectivity index (χ0n) is 11.2. The van der Waals surface area contributed by atoms with Crippen LogP contribution >= 0.6 is 0 Å². The summed E-state index contributed by atoms with van der Waals surface area (Å²) in [6.07, 6.45) is 3.94. The number of primary amides is 1. The van der Waals surface area contributed by atoms with Crippen LogP contribution in [0.3, 0.4) is 0 Å². The number of benzene rings is 1. The molecular weight excluding hydrogens is 224 g/mol. The average Bonchev–Trinajstić information content (AvgIpc) is 2.73. The van der Waals surface area contributed by atoms with Gasteiger partial charge in [0.1, 0.15) is 0 Å². The van der Waals surface area contributed by atoms with Crippen molar-refractivity contribution in [2.45, 2.75) is 45.7 Å². The number of carbonyl (C=O) groups is 1. The van der Waals surface area contributed by atoms with Crippen LogP contribution in [0.25, 0.3) is 0 Å². The molecule has 1 aliphatic rings. The fourth-order valence-electron chi connectivity index (χ4n) is 2.74. The van der Waals surface area contributed by atoms with E-state index >= 15 is 0 Å². The van der Waals surface area contributed by atoms with Gasteiger partial charge in [0.15, 0.2) is 0 Å². The Hall–Kier alpha value is -1.35. The maximum absolute atomic E-state index is 11.1. The highest BCUT2D eigenvalue weighted by Gasteiger charge is 2.22. The smallest absolute Gasteiger partial charge is 0.248 e. The van der Waals surface area contributed by atoms with Gasteiger partial charge in [0.05, 0.1) is 0 Å². The van der Waals surface area contributed by atoms with E-state index < -0.39 is 0 Å². The monoisotopic (exact) mass is 246 g/mol. The quantitative estimate of drug-likeness (QED) is 0.857. The number of nitrogens with one attached hydrogen (secondary N) is 1.